The first-order valence-corrected chi connectivity index (χ1v) is 4.94. The highest BCUT2D eigenvalue weighted by Crippen LogP contribution is 2.34. The Balaban J connectivity index is 0.00000121. The van der Waals surface area contributed by atoms with E-state index in [0.29, 0.717) is 5.13 Å². The van der Waals surface area contributed by atoms with Crippen molar-refractivity contribution in [3.05, 3.63) is 9.48 Å². The van der Waals surface area contributed by atoms with Crippen molar-refractivity contribution in [2.75, 3.05) is 5.73 Å². The molecule has 0 atom stereocenters. The molecule has 0 amide bonds. The number of hydrogen-bond donors (Lipinski definition) is 1. The molecule has 5 heteroatoms. The molecule has 0 aliphatic carbocycles. The molecule has 1 aromatic rings. The maximum atomic E-state index is 5.55. The van der Waals surface area contributed by atoms with E-state index in [2.05, 4.69) is 41.7 Å². The van der Waals surface area contributed by atoms with E-state index >= 15 is 0 Å². The van der Waals surface area contributed by atoms with E-state index < -0.39 is 0 Å². The number of rotatable bonds is 0. The van der Waals surface area contributed by atoms with Crippen LogP contribution in [-0.4, -0.2) is 4.98 Å². The molecule has 0 spiro atoms. The summed E-state index contributed by atoms with van der Waals surface area (Å²) in [5, 5.41) is 0.627. The number of thiazole rings is 1. The highest BCUT2D eigenvalue weighted by Gasteiger charge is 2.20. The minimum absolute atomic E-state index is 0. The molecule has 0 aromatic carbocycles. The second-order valence-corrected chi connectivity index (χ2v) is 5.77. The second-order valence-electron chi connectivity index (χ2n) is 3.42. The maximum absolute atomic E-state index is 5.55. The molecule has 0 aliphatic rings. The normalized spacial score (nSPS) is 11.0. The Bertz CT molecular complexity index is 265. The largest absolute Gasteiger partial charge is 1.00 e. The van der Waals surface area contributed by atoms with Gasteiger partial charge < -0.3 is 22.7 Å². The number of halogens is 2. The Morgan fingerprint density at radius 1 is 1.42 bits per heavy atom. The third-order valence-electron chi connectivity index (χ3n) is 1.31. The highest BCUT2D eigenvalue weighted by atomic mass is 79.9. The van der Waals surface area contributed by atoms with E-state index in [9.17, 15) is 0 Å². The average molecular weight is 315 g/mol. The van der Waals surface area contributed by atoms with Gasteiger partial charge in [0.2, 0.25) is 0 Å². The molecule has 0 saturated carbocycles. The molecular formula is C7H11Br2N2S-. The van der Waals surface area contributed by atoms with Crippen molar-refractivity contribution in [3.8, 4) is 0 Å². The number of nitrogen functional groups attached to an aromatic ring is 1. The van der Waals surface area contributed by atoms with Gasteiger partial charge in [-0.05, 0) is 15.9 Å². The molecule has 0 aliphatic heterocycles. The number of hydrogen-bond acceptors (Lipinski definition) is 3. The van der Waals surface area contributed by atoms with E-state index in [1.54, 1.807) is 0 Å². The Morgan fingerprint density at radius 3 is 2.08 bits per heavy atom. The quantitative estimate of drug-likeness (QED) is 0.720. The molecule has 0 fully saturated rings. The fraction of sp³-hybridized carbons (Fsp3) is 0.571. The van der Waals surface area contributed by atoms with Crippen LogP contribution in [0.5, 0.6) is 0 Å². The van der Waals surface area contributed by atoms with Crippen molar-refractivity contribution < 1.29 is 17.0 Å². The monoisotopic (exact) mass is 313 g/mol. The molecule has 1 rings (SSSR count). The van der Waals surface area contributed by atoms with Crippen LogP contribution in [-0.2, 0) is 5.41 Å². The molecule has 1 heterocycles. The van der Waals surface area contributed by atoms with Crippen molar-refractivity contribution in [2.45, 2.75) is 26.2 Å². The van der Waals surface area contributed by atoms with E-state index in [1.807, 2.05) is 0 Å². The lowest BCUT2D eigenvalue weighted by Gasteiger charge is -2.15. The number of aromatic nitrogens is 1. The maximum Gasteiger partial charge on any atom is 0.181 e. The minimum atomic E-state index is 0. The van der Waals surface area contributed by atoms with Gasteiger partial charge in [-0.1, -0.05) is 32.1 Å². The summed E-state index contributed by atoms with van der Waals surface area (Å²) in [6, 6.07) is 0. The Morgan fingerprint density at radius 2 is 1.92 bits per heavy atom. The highest BCUT2D eigenvalue weighted by molar-refractivity contribution is 9.11. The van der Waals surface area contributed by atoms with E-state index in [1.165, 1.54) is 11.3 Å². The fourth-order valence-electron chi connectivity index (χ4n) is 0.780. The first-order valence-electron chi connectivity index (χ1n) is 3.33. The van der Waals surface area contributed by atoms with Gasteiger partial charge >= 0.3 is 0 Å². The summed E-state index contributed by atoms with van der Waals surface area (Å²) in [6.07, 6.45) is 0. The summed E-state index contributed by atoms with van der Waals surface area (Å²) in [4.78, 5) is 4.23. The third-order valence-corrected chi connectivity index (χ3v) is 2.85. The standard InChI is InChI=1S/C7H11BrN2S.BrH/c1-7(2,3)4-5(8)11-6(9)10-4;/h1-3H3,(H2,9,10);1H/p-1. The zero-order valence-electron chi connectivity index (χ0n) is 7.19. The molecule has 0 saturated heterocycles. The van der Waals surface area contributed by atoms with Crippen LogP contribution < -0.4 is 22.7 Å². The summed E-state index contributed by atoms with van der Waals surface area (Å²) in [6.45, 7) is 6.35. The fourth-order valence-corrected chi connectivity index (χ4v) is 2.73. The van der Waals surface area contributed by atoms with Crippen LogP contribution in [0.15, 0.2) is 3.79 Å². The van der Waals surface area contributed by atoms with Crippen LogP contribution in [0.2, 0.25) is 0 Å². The summed E-state index contributed by atoms with van der Waals surface area (Å²) in [5.74, 6) is 0. The van der Waals surface area contributed by atoms with Gasteiger partial charge in [0.05, 0.1) is 9.48 Å². The molecule has 0 bridgehead atoms. The summed E-state index contributed by atoms with van der Waals surface area (Å²) in [7, 11) is 0. The van der Waals surface area contributed by atoms with Gasteiger partial charge in [-0.2, -0.15) is 0 Å². The Labute approximate surface area is 95.5 Å². The van der Waals surface area contributed by atoms with Crippen molar-refractivity contribution in [2.24, 2.45) is 0 Å². The Kier molecular flexibility index (Phi) is 4.20. The summed E-state index contributed by atoms with van der Waals surface area (Å²) < 4.78 is 1.04. The number of anilines is 1. The lowest BCUT2D eigenvalue weighted by atomic mass is 9.93. The van der Waals surface area contributed by atoms with E-state index in [0.717, 1.165) is 9.48 Å². The second kappa shape index (κ2) is 4.07. The third kappa shape index (κ3) is 2.71. The van der Waals surface area contributed by atoms with Crippen molar-refractivity contribution >= 4 is 32.4 Å². The van der Waals surface area contributed by atoms with Crippen LogP contribution in [0.3, 0.4) is 0 Å². The number of nitrogens with zero attached hydrogens (tertiary/aromatic N) is 1. The lowest BCUT2D eigenvalue weighted by Crippen LogP contribution is -3.00. The SMILES string of the molecule is CC(C)(C)c1nc(N)sc1Br.[Br-]. The molecular weight excluding hydrogens is 304 g/mol. The molecule has 1 aromatic heterocycles. The van der Waals surface area contributed by atoms with Crippen molar-refractivity contribution in [3.63, 3.8) is 0 Å². The van der Waals surface area contributed by atoms with Gasteiger partial charge in [0.25, 0.3) is 0 Å². The Hall–Kier alpha value is 0.390. The van der Waals surface area contributed by atoms with Crippen LogP contribution in [0.4, 0.5) is 5.13 Å². The van der Waals surface area contributed by atoms with E-state index in [-0.39, 0.29) is 22.4 Å². The van der Waals surface area contributed by atoms with Crippen molar-refractivity contribution in [1.82, 2.24) is 4.98 Å². The van der Waals surface area contributed by atoms with Gasteiger partial charge in [-0.25, -0.2) is 4.98 Å². The van der Waals surface area contributed by atoms with Crippen LogP contribution in [0.25, 0.3) is 0 Å². The van der Waals surface area contributed by atoms with Crippen LogP contribution >= 0.6 is 27.3 Å². The topological polar surface area (TPSA) is 38.9 Å². The predicted molar refractivity (Wildman–Crippen MR) is 52.9 cm³/mol. The molecule has 70 valence electrons. The van der Waals surface area contributed by atoms with Gasteiger partial charge in [0.15, 0.2) is 5.13 Å². The molecule has 12 heavy (non-hydrogen) atoms. The number of nitrogens with two attached hydrogens (primary N) is 1. The smallest absolute Gasteiger partial charge is 0.181 e. The van der Waals surface area contributed by atoms with Gasteiger partial charge in [0.1, 0.15) is 0 Å². The van der Waals surface area contributed by atoms with Crippen LogP contribution in [0.1, 0.15) is 26.5 Å². The van der Waals surface area contributed by atoms with Crippen LogP contribution in [0, 0.1) is 0 Å². The lowest BCUT2D eigenvalue weighted by molar-refractivity contribution is -0.00000265. The van der Waals surface area contributed by atoms with Crippen molar-refractivity contribution in [1.29, 1.82) is 0 Å². The predicted octanol–water partition coefficient (Wildman–Crippen LogP) is -0.211. The summed E-state index contributed by atoms with van der Waals surface area (Å²) in [5.41, 5.74) is 6.67. The summed E-state index contributed by atoms with van der Waals surface area (Å²) >= 11 is 4.91. The van der Waals surface area contributed by atoms with Gasteiger partial charge in [0, 0.05) is 5.41 Å². The molecule has 2 N–H and O–H groups in total. The molecule has 0 radical (unpaired) electrons. The van der Waals surface area contributed by atoms with Gasteiger partial charge in [-0.15, -0.1) is 0 Å². The molecule has 2 nitrogen and oxygen atoms in total. The van der Waals surface area contributed by atoms with E-state index in [4.69, 9.17) is 5.73 Å². The first kappa shape index (κ1) is 12.4. The zero-order chi connectivity index (χ0) is 8.65. The minimum Gasteiger partial charge on any atom is -1.00 e. The van der Waals surface area contributed by atoms with Gasteiger partial charge in [-0.3, -0.25) is 0 Å². The molecule has 0 unspecified atom stereocenters. The zero-order valence-corrected chi connectivity index (χ0v) is 11.2. The first-order chi connectivity index (χ1) is 4.91. The average Bonchev–Trinajstić information content (AvgIpc) is 2.08.